The summed E-state index contributed by atoms with van der Waals surface area (Å²) in [4.78, 5) is 8.32. The van der Waals surface area contributed by atoms with Gasteiger partial charge in [-0.15, -0.1) is 0 Å². The Morgan fingerprint density at radius 3 is 2.38 bits per heavy atom. The minimum Gasteiger partial charge on any atom is -0.270 e. The fourth-order valence-corrected chi connectivity index (χ4v) is 1.06. The third kappa shape index (κ3) is 6.57. The van der Waals surface area contributed by atoms with E-state index in [1.165, 1.54) is 5.57 Å². The number of hydrogen-bond acceptors (Lipinski definition) is 1. The van der Waals surface area contributed by atoms with Crippen molar-refractivity contribution in [2.45, 2.75) is 34.1 Å². The SMILES string of the molecule is CC/C(C)=C(Cl)/C=C\C(N=CC(C)C)=NC. The van der Waals surface area contributed by atoms with Gasteiger partial charge < -0.3 is 0 Å². The van der Waals surface area contributed by atoms with E-state index in [1.54, 1.807) is 7.05 Å². The maximum atomic E-state index is 6.08. The Hall–Kier alpha value is -0.890. The van der Waals surface area contributed by atoms with E-state index in [9.17, 15) is 0 Å². The second-order valence-electron chi connectivity index (χ2n) is 3.92. The zero-order valence-corrected chi connectivity index (χ0v) is 11.5. The van der Waals surface area contributed by atoms with Crippen molar-refractivity contribution in [3.63, 3.8) is 0 Å². The van der Waals surface area contributed by atoms with Crippen LogP contribution in [-0.2, 0) is 0 Å². The number of allylic oxidation sites excluding steroid dienone is 3. The highest BCUT2D eigenvalue weighted by Crippen LogP contribution is 2.13. The minimum atomic E-state index is 0.425. The molecule has 0 spiro atoms. The van der Waals surface area contributed by atoms with E-state index in [1.807, 2.05) is 25.3 Å². The van der Waals surface area contributed by atoms with Crippen LogP contribution >= 0.6 is 11.6 Å². The lowest BCUT2D eigenvalue weighted by atomic mass is 10.2. The van der Waals surface area contributed by atoms with Crippen LogP contribution < -0.4 is 0 Å². The summed E-state index contributed by atoms with van der Waals surface area (Å²) in [5.74, 6) is 1.12. The molecule has 0 fully saturated rings. The van der Waals surface area contributed by atoms with E-state index in [0.717, 1.165) is 11.5 Å². The van der Waals surface area contributed by atoms with Gasteiger partial charge in [0.1, 0.15) is 5.84 Å². The monoisotopic (exact) mass is 240 g/mol. The van der Waals surface area contributed by atoms with Crippen molar-refractivity contribution in [3.05, 3.63) is 22.8 Å². The molecule has 0 heterocycles. The molecule has 0 radical (unpaired) electrons. The van der Waals surface area contributed by atoms with E-state index in [4.69, 9.17) is 11.6 Å². The number of aliphatic imine (C=N–C) groups is 2. The first-order valence-corrected chi connectivity index (χ1v) is 5.93. The lowest BCUT2D eigenvalue weighted by Crippen LogP contribution is -1.94. The number of rotatable bonds is 4. The quantitative estimate of drug-likeness (QED) is 0.399. The van der Waals surface area contributed by atoms with Gasteiger partial charge in [0.25, 0.3) is 0 Å². The van der Waals surface area contributed by atoms with Crippen LogP contribution in [0.3, 0.4) is 0 Å². The summed E-state index contributed by atoms with van der Waals surface area (Å²) in [5.41, 5.74) is 1.17. The third-order valence-electron chi connectivity index (χ3n) is 2.05. The maximum absolute atomic E-state index is 6.08. The Kier molecular flexibility index (Phi) is 7.82. The van der Waals surface area contributed by atoms with Crippen LogP contribution in [0.4, 0.5) is 0 Å². The molecule has 16 heavy (non-hydrogen) atoms. The number of nitrogens with zero attached hydrogens (tertiary/aromatic N) is 2. The lowest BCUT2D eigenvalue weighted by Gasteiger charge is -1.97. The van der Waals surface area contributed by atoms with Crippen LogP contribution in [0.25, 0.3) is 0 Å². The molecule has 0 aromatic heterocycles. The highest BCUT2D eigenvalue weighted by Gasteiger charge is 1.94. The molecule has 0 saturated heterocycles. The van der Waals surface area contributed by atoms with Gasteiger partial charge in [0.05, 0.1) is 0 Å². The smallest absolute Gasteiger partial charge is 0.146 e. The van der Waals surface area contributed by atoms with Crippen LogP contribution in [0.5, 0.6) is 0 Å². The molecule has 0 rings (SSSR count). The van der Waals surface area contributed by atoms with Crippen LogP contribution in [0.1, 0.15) is 34.1 Å². The van der Waals surface area contributed by atoms with Gasteiger partial charge >= 0.3 is 0 Å². The molecule has 0 aliphatic rings. The molecule has 0 N–H and O–H groups in total. The minimum absolute atomic E-state index is 0.425. The van der Waals surface area contributed by atoms with Crippen LogP contribution in [0.2, 0.25) is 0 Å². The fraction of sp³-hybridized carbons (Fsp3) is 0.538. The van der Waals surface area contributed by atoms with E-state index in [-0.39, 0.29) is 0 Å². The molecule has 0 unspecified atom stereocenters. The van der Waals surface area contributed by atoms with Crippen molar-refractivity contribution >= 4 is 23.7 Å². The summed E-state index contributed by atoms with van der Waals surface area (Å²) in [6.45, 7) is 8.26. The standard InChI is InChI=1S/C13H21ClN2/c1-6-11(4)12(14)7-8-13(15-5)16-9-10(2)3/h7-10H,6H2,1-5H3/b8-7-,12-11-,15-13?,16-9?. The molecule has 0 aromatic carbocycles. The summed E-state index contributed by atoms with van der Waals surface area (Å²) in [6, 6.07) is 0. The van der Waals surface area contributed by atoms with Crippen molar-refractivity contribution in [1.29, 1.82) is 0 Å². The first-order chi connectivity index (χ1) is 7.51. The molecule has 0 amide bonds. The second kappa shape index (κ2) is 8.28. The normalized spacial score (nSPS) is 15.3. The highest BCUT2D eigenvalue weighted by atomic mass is 35.5. The van der Waals surface area contributed by atoms with Gasteiger partial charge in [0.2, 0.25) is 0 Å². The van der Waals surface area contributed by atoms with Crippen molar-refractivity contribution in [3.8, 4) is 0 Å². The van der Waals surface area contributed by atoms with Gasteiger partial charge in [-0.1, -0.05) is 37.9 Å². The first kappa shape index (κ1) is 15.1. The molecule has 0 saturated carbocycles. The largest absolute Gasteiger partial charge is 0.270 e. The molecule has 0 aromatic rings. The fourth-order valence-electron chi connectivity index (χ4n) is 0.860. The Morgan fingerprint density at radius 2 is 1.94 bits per heavy atom. The highest BCUT2D eigenvalue weighted by molar-refractivity contribution is 6.31. The van der Waals surface area contributed by atoms with Gasteiger partial charge in [-0.05, 0) is 31.4 Å². The van der Waals surface area contributed by atoms with Gasteiger partial charge in [-0.25, -0.2) is 4.99 Å². The molecule has 0 aliphatic heterocycles. The maximum Gasteiger partial charge on any atom is 0.146 e. The number of amidine groups is 1. The first-order valence-electron chi connectivity index (χ1n) is 5.55. The summed E-state index contributed by atoms with van der Waals surface area (Å²) in [7, 11) is 1.72. The molecule has 90 valence electrons. The molecule has 2 nitrogen and oxygen atoms in total. The molecular formula is C13H21ClN2. The zero-order chi connectivity index (χ0) is 12.6. The summed E-state index contributed by atoms with van der Waals surface area (Å²) >= 11 is 6.08. The van der Waals surface area contributed by atoms with Crippen molar-refractivity contribution in [1.82, 2.24) is 0 Å². The second-order valence-corrected chi connectivity index (χ2v) is 4.33. The van der Waals surface area contributed by atoms with Crippen molar-refractivity contribution in [2.75, 3.05) is 7.05 Å². The van der Waals surface area contributed by atoms with Gasteiger partial charge in [-0.3, -0.25) is 4.99 Å². The predicted molar refractivity (Wildman–Crippen MR) is 74.7 cm³/mol. The van der Waals surface area contributed by atoms with Gasteiger partial charge in [0, 0.05) is 18.3 Å². The predicted octanol–water partition coefficient (Wildman–Crippen LogP) is 4.22. The van der Waals surface area contributed by atoms with Gasteiger partial charge in [-0.2, -0.15) is 0 Å². The van der Waals surface area contributed by atoms with Crippen LogP contribution in [-0.4, -0.2) is 19.1 Å². The zero-order valence-electron chi connectivity index (χ0n) is 10.8. The van der Waals surface area contributed by atoms with E-state index >= 15 is 0 Å². The molecule has 3 heteroatoms. The molecule has 0 bridgehead atoms. The Labute approximate surface area is 104 Å². The van der Waals surface area contributed by atoms with Crippen LogP contribution in [0.15, 0.2) is 32.7 Å². The topological polar surface area (TPSA) is 24.7 Å². The average molecular weight is 241 g/mol. The van der Waals surface area contributed by atoms with Crippen molar-refractivity contribution in [2.24, 2.45) is 15.9 Å². The lowest BCUT2D eigenvalue weighted by molar-refractivity contribution is 0.909. The molecule has 0 aliphatic carbocycles. The summed E-state index contributed by atoms with van der Waals surface area (Å²) in [5, 5.41) is 0.767. The number of halogens is 1. The van der Waals surface area contributed by atoms with Crippen LogP contribution in [0, 0.1) is 5.92 Å². The number of hydrogen-bond donors (Lipinski definition) is 0. The van der Waals surface area contributed by atoms with E-state index in [0.29, 0.717) is 11.8 Å². The Bertz CT molecular complexity index is 323. The molecular weight excluding hydrogens is 220 g/mol. The summed E-state index contributed by atoms with van der Waals surface area (Å²) < 4.78 is 0. The van der Waals surface area contributed by atoms with E-state index in [2.05, 4.69) is 30.8 Å². The summed E-state index contributed by atoms with van der Waals surface area (Å²) in [6.07, 6.45) is 6.51. The average Bonchev–Trinajstić information content (AvgIpc) is 2.27. The Balaban J connectivity index is 4.64. The van der Waals surface area contributed by atoms with Crippen molar-refractivity contribution < 1.29 is 0 Å². The third-order valence-corrected chi connectivity index (χ3v) is 2.50. The molecule has 0 atom stereocenters. The van der Waals surface area contributed by atoms with Gasteiger partial charge in [0.15, 0.2) is 0 Å². The Morgan fingerprint density at radius 1 is 1.31 bits per heavy atom. The van der Waals surface area contributed by atoms with E-state index < -0.39 is 0 Å².